The molecule has 0 saturated carbocycles. The van der Waals surface area contributed by atoms with Gasteiger partial charge in [-0.25, -0.2) is 4.68 Å². The zero-order valence-electron chi connectivity index (χ0n) is 21.2. The topological polar surface area (TPSA) is 83.6 Å². The Balaban J connectivity index is 1.71. The molecule has 3 aromatic rings. The number of nitrogens with zero attached hydrogens (tertiary/aromatic N) is 4. The molecule has 1 fully saturated rings. The van der Waals surface area contributed by atoms with E-state index in [2.05, 4.69) is 57.2 Å². The van der Waals surface area contributed by atoms with Crippen LogP contribution in [0, 0.1) is 0 Å². The zero-order chi connectivity index (χ0) is 24.5. The summed E-state index contributed by atoms with van der Waals surface area (Å²) >= 11 is 0. The van der Waals surface area contributed by atoms with Gasteiger partial charge in [0, 0.05) is 23.8 Å². The average molecular weight is 487 g/mol. The van der Waals surface area contributed by atoms with E-state index in [1.807, 2.05) is 21.8 Å². The number of hydrogen-bond acceptors (Lipinski definition) is 6. The summed E-state index contributed by atoms with van der Waals surface area (Å²) in [4.78, 5) is 0. The molecule has 1 N–H and O–H groups in total. The number of rotatable bonds is 8. The lowest BCUT2D eigenvalue weighted by Gasteiger charge is -2.36. The van der Waals surface area contributed by atoms with Crippen LogP contribution in [0.3, 0.4) is 0 Å². The zero-order valence-corrected chi connectivity index (χ0v) is 22.2. The molecule has 1 saturated heterocycles. The standard InChI is InChI=1S/C25H38N4O4Si/c1-18(30)31-14-12-28-17-19(16-26-28)24-21-15-20(33-34(5,6)25(2,3)4)10-11-22(21)29(27-24)23-9-7-8-13-32-23/h10-11,15-18,23,30H,7-9,12-14H2,1-6H3. The predicted molar refractivity (Wildman–Crippen MR) is 135 cm³/mol. The molecule has 0 bridgehead atoms. The molecule has 3 heterocycles. The van der Waals surface area contributed by atoms with Gasteiger partial charge in [-0.2, -0.15) is 10.2 Å². The van der Waals surface area contributed by atoms with Gasteiger partial charge in [-0.1, -0.05) is 20.8 Å². The molecule has 2 aromatic heterocycles. The molecule has 1 aliphatic heterocycles. The minimum atomic E-state index is -1.98. The number of aliphatic hydroxyl groups excluding tert-OH is 1. The van der Waals surface area contributed by atoms with E-state index in [-0.39, 0.29) is 11.3 Å². The van der Waals surface area contributed by atoms with E-state index in [0.29, 0.717) is 13.2 Å². The number of benzene rings is 1. The minimum absolute atomic E-state index is 0.0633. The number of hydrogen-bond donors (Lipinski definition) is 1. The molecule has 2 unspecified atom stereocenters. The van der Waals surface area contributed by atoms with Gasteiger partial charge in [0.1, 0.15) is 11.4 Å². The fourth-order valence-electron chi connectivity index (χ4n) is 3.91. The van der Waals surface area contributed by atoms with Crippen molar-refractivity contribution < 1.29 is 19.0 Å². The largest absolute Gasteiger partial charge is 0.543 e. The highest BCUT2D eigenvalue weighted by molar-refractivity contribution is 6.74. The Hall–Kier alpha value is -2.20. The molecule has 8 nitrogen and oxygen atoms in total. The van der Waals surface area contributed by atoms with E-state index < -0.39 is 14.6 Å². The Kier molecular flexibility index (Phi) is 7.19. The van der Waals surface area contributed by atoms with Crippen LogP contribution in [-0.4, -0.2) is 52.5 Å². The number of ether oxygens (including phenoxy) is 2. The monoisotopic (exact) mass is 486 g/mol. The first kappa shape index (κ1) is 24.9. The maximum absolute atomic E-state index is 9.33. The number of aromatic nitrogens is 4. The lowest BCUT2D eigenvalue weighted by Crippen LogP contribution is -2.43. The predicted octanol–water partition coefficient (Wildman–Crippen LogP) is 5.34. The van der Waals surface area contributed by atoms with Crippen molar-refractivity contribution in [1.29, 1.82) is 0 Å². The first-order valence-electron chi connectivity index (χ1n) is 12.2. The van der Waals surface area contributed by atoms with Crippen molar-refractivity contribution in [3.63, 3.8) is 0 Å². The third kappa shape index (κ3) is 5.38. The van der Waals surface area contributed by atoms with Gasteiger partial charge >= 0.3 is 0 Å². The molecule has 2 atom stereocenters. The Bertz CT molecular complexity index is 1110. The molecule has 34 heavy (non-hydrogen) atoms. The van der Waals surface area contributed by atoms with Crippen molar-refractivity contribution in [1.82, 2.24) is 19.6 Å². The fraction of sp³-hybridized carbons (Fsp3) is 0.600. The minimum Gasteiger partial charge on any atom is -0.543 e. The van der Waals surface area contributed by atoms with Gasteiger partial charge in [0.2, 0.25) is 8.32 Å². The molecule has 0 amide bonds. The maximum atomic E-state index is 9.33. The van der Waals surface area contributed by atoms with E-state index >= 15 is 0 Å². The van der Waals surface area contributed by atoms with Gasteiger partial charge < -0.3 is 19.0 Å². The van der Waals surface area contributed by atoms with Crippen LogP contribution in [0.5, 0.6) is 5.75 Å². The third-order valence-electron chi connectivity index (χ3n) is 6.87. The van der Waals surface area contributed by atoms with Gasteiger partial charge in [0.25, 0.3) is 0 Å². The van der Waals surface area contributed by atoms with Crippen molar-refractivity contribution in [2.75, 3.05) is 13.2 Å². The summed E-state index contributed by atoms with van der Waals surface area (Å²) in [5.74, 6) is 0.877. The smallest absolute Gasteiger partial charge is 0.250 e. The molecule has 0 radical (unpaired) electrons. The van der Waals surface area contributed by atoms with E-state index in [4.69, 9.17) is 19.0 Å². The molecular formula is C25H38N4O4Si. The number of aliphatic hydroxyl groups is 1. The van der Waals surface area contributed by atoms with Crippen molar-refractivity contribution in [2.45, 2.75) is 84.2 Å². The summed E-state index contributed by atoms with van der Waals surface area (Å²) in [6.07, 6.45) is 6.13. The quantitative estimate of drug-likeness (QED) is 0.342. The molecule has 1 aromatic carbocycles. The summed E-state index contributed by atoms with van der Waals surface area (Å²) in [6, 6.07) is 6.28. The van der Waals surface area contributed by atoms with Gasteiger partial charge in [0.15, 0.2) is 12.5 Å². The maximum Gasteiger partial charge on any atom is 0.250 e. The van der Waals surface area contributed by atoms with E-state index in [1.54, 1.807) is 6.92 Å². The van der Waals surface area contributed by atoms with Gasteiger partial charge in [0.05, 0.1) is 24.9 Å². The normalized spacial score (nSPS) is 18.4. The number of fused-ring (bicyclic) bond motifs is 1. The Morgan fingerprint density at radius 2 is 2.06 bits per heavy atom. The summed E-state index contributed by atoms with van der Waals surface area (Å²) in [5.41, 5.74) is 2.84. The lowest BCUT2D eigenvalue weighted by atomic mass is 10.1. The summed E-state index contributed by atoms with van der Waals surface area (Å²) in [6.45, 7) is 14.6. The summed E-state index contributed by atoms with van der Waals surface area (Å²) in [5, 5.41) is 20.0. The van der Waals surface area contributed by atoms with E-state index in [1.165, 1.54) is 0 Å². The second kappa shape index (κ2) is 9.81. The molecule has 1 aliphatic rings. The summed E-state index contributed by atoms with van der Waals surface area (Å²) < 4.78 is 21.8. The average Bonchev–Trinajstić information content (AvgIpc) is 3.37. The van der Waals surface area contributed by atoms with E-state index in [0.717, 1.165) is 53.8 Å². The second-order valence-corrected chi connectivity index (χ2v) is 15.3. The van der Waals surface area contributed by atoms with Crippen LogP contribution in [0.1, 0.15) is 53.2 Å². The van der Waals surface area contributed by atoms with Gasteiger partial charge in [-0.05, 0) is 62.5 Å². The Labute approximate surface area is 202 Å². The third-order valence-corrected chi connectivity index (χ3v) is 11.2. The van der Waals surface area contributed by atoms with Crippen LogP contribution in [0.25, 0.3) is 22.2 Å². The first-order valence-corrected chi connectivity index (χ1v) is 15.1. The highest BCUT2D eigenvalue weighted by Crippen LogP contribution is 2.39. The Morgan fingerprint density at radius 1 is 1.26 bits per heavy atom. The molecular weight excluding hydrogens is 448 g/mol. The van der Waals surface area contributed by atoms with Gasteiger partial charge in [-0.15, -0.1) is 0 Å². The van der Waals surface area contributed by atoms with Crippen LogP contribution >= 0.6 is 0 Å². The second-order valence-electron chi connectivity index (χ2n) is 10.6. The molecule has 186 valence electrons. The van der Waals surface area contributed by atoms with E-state index in [9.17, 15) is 5.11 Å². The first-order chi connectivity index (χ1) is 16.0. The molecule has 0 spiro atoms. The highest BCUT2D eigenvalue weighted by atomic mass is 28.4. The van der Waals surface area contributed by atoms with Crippen LogP contribution in [0.15, 0.2) is 30.6 Å². The van der Waals surface area contributed by atoms with Gasteiger partial charge in [-0.3, -0.25) is 4.68 Å². The fourth-order valence-corrected chi connectivity index (χ4v) is 4.93. The Morgan fingerprint density at radius 3 is 2.74 bits per heavy atom. The van der Waals surface area contributed by atoms with Crippen LogP contribution in [0.2, 0.25) is 18.1 Å². The lowest BCUT2D eigenvalue weighted by molar-refractivity contribution is -0.0876. The van der Waals surface area contributed by atoms with Crippen molar-refractivity contribution in [3.8, 4) is 17.0 Å². The highest BCUT2D eigenvalue weighted by Gasteiger charge is 2.39. The van der Waals surface area contributed by atoms with Crippen molar-refractivity contribution in [3.05, 3.63) is 30.6 Å². The molecule has 4 rings (SSSR count). The van der Waals surface area contributed by atoms with Crippen LogP contribution in [-0.2, 0) is 16.0 Å². The molecule has 9 heteroatoms. The molecule has 0 aliphatic carbocycles. The van der Waals surface area contributed by atoms with Crippen molar-refractivity contribution in [2.24, 2.45) is 0 Å². The van der Waals surface area contributed by atoms with Crippen LogP contribution < -0.4 is 4.43 Å². The van der Waals surface area contributed by atoms with Crippen LogP contribution in [0.4, 0.5) is 0 Å². The SMILES string of the molecule is CC(O)OCCn1cc(-c2nn(C3CCCCO3)c3ccc(O[Si](C)(C)C(C)(C)C)cc23)cn1. The van der Waals surface area contributed by atoms with Crippen molar-refractivity contribution >= 4 is 19.2 Å². The summed E-state index contributed by atoms with van der Waals surface area (Å²) in [7, 11) is -1.98.